The molecule has 2 aliphatic heterocycles. The number of rotatable bonds is 2. The van der Waals surface area contributed by atoms with Crippen LogP contribution in [0.1, 0.15) is 12.0 Å². The van der Waals surface area contributed by atoms with Gasteiger partial charge in [0.25, 0.3) is 0 Å². The van der Waals surface area contributed by atoms with Crippen LogP contribution in [-0.4, -0.2) is 67.1 Å². The lowest BCUT2D eigenvalue weighted by atomic mass is 10.2. The zero-order valence-corrected chi connectivity index (χ0v) is 16.1. The Balaban J connectivity index is 1.55. The molecule has 24 heavy (non-hydrogen) atoms. The van der Waals surface area contributed by atoms with Crippen LogP contribution in [-0.2, 0) is 9.84 Å². The largest absolute Gasteiger partial charge is 0.346 e. The van der Waals surface area contributed by atoms with Crippen molar-refractivity contribution in [3.8, 4) is 0 Å². The molecule has 1 aromatic carbocycles. The van der Waals surface area contributed by atoms with Crippen molar-refractivity contribution in [1.29, 1.82) is 0 Å². The molecule has 2 aliphatic rings. The predicted octanol–water partition coefficient (Wildman–Crippen LogP) is 2.15. The maximum absolute atomic E-state index is 11.6. The zero-order valence-electron chi connectivity index (χ0n) is 13.7. The predicted molar refractivity (Wildman–Crippen MR) is 103 cm³/mol. The third-order valence-electron chi connectivity index (χ3n) is 4.84. The molecular formula is C16H22ClN3O2S2. The topological polar surface area (TPSA) is 52.6 Å². The maximum atomic E-state index is 11.6. The van der Waals surface area contributed by atoms with Gasteiger partial charge < -0.3 is 10.2 Å². The van der Waals surface area contributed by atoms with E-state index < -0.39 is 9.84 Å². The molecule has 8 heteroatoms. The van der Waals surface area contributed by atoms with E-state index >= 15 is 0 Å². The molecule has 1 aromatic rings. The number of halogens is 1. The third-order valence-corrected chi connectivity index (χ3v) is 7.36. The maximum Gasteiger partial charge on any atom is 0.173 e. The fourth-order valence-electron chi connectivity index (χ4n) is 3.29. The molecule has 3 rings (SSSR count). The molecule has 2 heterocycles. The normalized spacial score (nSPS) is 24.1. The summed E-state index contributed by atoms with van der Waals surface area (Å²) in [5.41, 5.74) is 1.91. The summed E-state index contributed by atoms with van der Waals surface area (Å²) in [4.78, 5) is 4.42. The molecule has 2 saturated heterocycles. The quantitative estimate of drug-likeness (QED) is 0.785. The van der Waals surface area contributed by atoms with Gasteiger partial charge in [-0.2, -0.15) is 0 Å². The van der Waals surface area contributed by atoms with E-state index in [0.717, 1.165) is 48.9 Å². The average molecular weight is 388 g/mol. The summed E-state index contributed by atoms with van der Waals surface area (Å²) < 4.78 is 23.3. The number of anilines is 1. The van der Waals surface area contributed by atoms with Crippen LogP contribution in [0.25, 0.3) is 0 Å². The van der Waals surface area contributed by atoms with Gasteiger partial charge in [0.2, 0.25) is 0 Å². The summed E-state index contributed by atoms with van der Waals surface area (Å²) in [6, 6.07) is 5.90. The number of nitrogens with zero attached hydrogens (tertiary/aromatic N) is 2. The summed E-state index contributed by atoms with van der Waals surface area (Å²) in [6.45, 7) is 5.27. The summed E-state index contributed by atoms with van der Waals surface area (Å²) in [7, 11) is -2.83. The van der Waals surface area contributed by atoms with Gasteiger partial charge in [-0.1, -0.05) is 17.7 Å². The summed E-state index contributed by atoms with van der Waals surface area (Å²) in [5.74, 6) is 0.628. The second kappa shape index (κ2) is 7.15. The van der Waals surface area contributed by atoms with Crippen LogP contribution in [0.15, 0.2) is 18.2 Å². The van der Waals surface area contributed by atoms with E-state index in [1.54, 1.807) is 0 Å². The average Bonchev–Trinajstić information content (AvgIpc) is 2.92. The molecule has 0 aromatic heterocycles. The first-order chi connectivity index (χ1) is 11.4. The molecule has 0 aliphatic carbocycles. The lowest BCUT2D eigenvalue weighted by Crippen LogP contribution is -2.53. The van der Waals surface area contributed by atoms with E-state index in [4.69, 9.17) is 23.8 Å². The Hall–Kier alpha value is -0.890. The van der Waals surface area contributed by atoms with Crippen LogP contribution in [0.2, 0.25) is 5.02 Å². The first-order valence-corrected chi connectivity index (χ1v) is 10.7. The van der Waals surface area contributed by atoms with Gasteiger partial charge in [0.05, 0.1) is 11.5 Å². The molecule has 132 valence electrons. The number of hydrogen-bond donors (Lipinski definition) is 1. The number of hydrogen-bond acceptors (Lipinski definition) is 4. The van der Waals surface area contributed by atoms with Gasteiger partial charge in [-0.25, -0.2) is 8.42 Å². The SMILES string of the molecule is Cc1c(Cl)cccc1NC(=S)N1CCN([C@@H]2CCS(=O)(=O)C2)CC1. The van der Waals surface area contributed by atoms with E-state index in [2.05, 4.69) is 15.1 Å². The van der Waals surface area contributed by atoms with E-state index in [0.29, 0.717) is 16.6 Å². The minimum absolute atomic E-state index is 0.175. The number of thiocarbonyl (C=S) groups is 1. The van der Waals surface area contributed by atoms with Crippen molar-refractivity contribution in [2.45, 2.75) is 19.4 Å². The van der Waals surface area contributed by atoms with Crippen LogP contribution in [0, 0.1) is 6.92 Å². The number of sulfone groups is 1. The van der Waals surface area contributed by atoms with Gasteiger partial charge in [0.15, 0.2) is 14.9 Å². The Morgan fingerprint density at radius 3 is 2.62 bits per heavy atom. The van der Waals surface area contributed by atoms with Crippen LogP contribution in [0.4, 0.5) is 5.69 Å². The highest BCUT2D eigenvalue weighted by molar-refractivity contribution is 7.91. The number of benzene rings is 1. The number of piperazine rings is 1. The Morgan fingerprint density at radius 2 is 2.00 bits per heavy atom. The standard InChI is InChI=1S/C16H22ClN3O2S2/c1-12-14(17)3-2-4-15(12)18-16(23)20-8-6-19(7-9-20)13-5-10-24(21,22)11-13/h2-4,13H,5-11H2,1H3,(H,18,23)/t13-/m1/s1. The third kappa shape index (κ3) is 4.02. The van der Waals surface area contributed by atoms with Crippen LogP contribution in [0.5, 0.6) is 0 Å². The molecule has 1 N–H and O–H groups in total. The zero-order chi connectivity index (χ0) is 17.3. The van der Waals surface area contributed by atoms with Crippen molar-refractivity contribution in [1.82, 2.24) is 9.80 Å². The highest BCUT2D eigenvalue weighted by Crippen LogP contribution is 2.24. The molecule has 0 amide bonds. The summed E-state index contributed by atoms with van der Waals surface area (Å²) in [5, 5.41) is 4.69. The van der Waals surface area contributed by atoms with Crippen LogP contribution in [0.3, 0.4) is 0 Å². The smallest absolute Gasteiger partial charge is 0.173 e. The fraction of sp³-hybridized carbons (Fsp3) is 0.562. The van der Waals surface area contributed by atoms with Crippen molar-refractivity contribution in [2.75, 3.05) is 43.0 Å². The lowest BCUT2D eigenvalue weighted by molar-refractivity contribution is 0.144. The fourth-order valence-corrected chi connectivity index (χ4v) is 5.52. The molecule has 0 spiro atoms. The first kappa shape index (κ1) is 17.9. The molecule has 5 nitrogen and oxygen atoms in total. The Morgan fingerprint density at radius 1 is 1.29 bits per heavy atom. The van der Waals surface area contributed by atoms with Crippen LogP contribution >= 0.6 is 23.8 Å². The molecule has 0 bridgehead atoms. The van der Waals surface area contributed by atoms with Gasteiger partial charge >= 0.3 is 0 Å². The monoisotopic (exact) mass is 387 g/mol. The second-order valence-electron chi connectivity index (χ2n) is 6.42. The van der Waals surface area contributed by atoms with Gasteiger partial charge in [-0.3, -0.25) is 4.90 Å². The van der Waals surface area contributed by atoms with Crippen molar-refractivity contribution >= 4 is 44.5 Å². The van der Waals surface area contributed by atoms with Crippen molar-refractivity contribution in [3.63, 3.8) is 0 Å². The highest BCUT2D eigenvalue weighted by atomic mass is 35.5. The van der Waals surface area contributed by atoms with Gasteiger partial charge in [0.1, 0.15) is 0 Å². The van der Waals surface area contributed by atoms with Crippen molar-refractivity contribution < 1.29 is 8.42 Å². The van der Waals surface area contributed by atoms with Gasteiger partial charge in [0, 0.05) is 42.9 Å². The molecular weight excluding hydrogens is 366 g/mol. The molecule has 0 saturated carbocycles. The molecule has 0 radical (unpaired) electrons. The van der Waals surface area contributed by atoms with E-state index in [1.165, 1.54) is 0 Å². The van der Waals surface area contributed by atoms with E-state index in [9.17, 15) is 8.42 Å². The Kier molecular flexibility index (Phi) is 5.34. The molecule has 2 fully saturated rings. The van der Waals surface area contributed by atoms with Crippen molar-refractivity contribution in [3.05, 3.63) is 28.8 Å². The summed E-state index contributed by atoms with van der Waals surface area (Å²) >= 11 is 11.7. The molecule has 0 unspecified atom stereocenters. The van der Waals surface area contributed by atoms with E-state index in [1.807, 2.05) is 25.1 Å². The van der Waals surface area contributed by atoms with Crippen molar-refractivity contribution in [2.24, 2.45) is 0 Å². The molecule has 1 atom stereocenters. The summed E-state index contributed by atoms with van der Waals surface area (Å²) in [6.07, 6.45) is 0.757. The van der Waals surface area contributed by atoms with E-state index in [-0.39, 0.29) is 6.04 Å². The Bertz CT molecular complexity index is 731. The highest BCUT2D eigenvalue weighted by Gasteiger charge is 2.33. The van der Waals surface area contributed by atoms with Crippen LogP contribution < -0.4 is 5.32 Å². The minimum Gasteiger partial charge on any atom is -0.346 e. The lowest BCUT2D eigenvalue weighted by Gasteiger charge is -2.38. The second-order valence-corrected chi connectivity index (χ2v) is 9.45. The Labute approximate surface area is 153 Å². The first-order valence-electron chi connectivity index (χ1n) is 8.11. The number of nitrogens with one attached hydrogen (secondary N) is 1. The van der Waals surface area contributed by atoms with Gasteiger partial charge in [-0.15, -0.1) is 0 Å². The minimum atomic E-state index is -2.83. The van der Waals surface area contributed by atoms with Gasteiger partial charge in [-0.05, 0) is 43.3 Å².